The molecule has 7 rings (SSSR count). The molecule has 1 aliphatic carbocycles. The van der Waals surface area contributed by atoms with E-state index in [-0.39, 0.29) is 0 Å². The van der Waals surface area contributed by atoms with Gasteiger partial charge in [-0.2, -0.15) is 5.10 Å². The fraction of sp³-hybridized carbons (Fsp3) is 0.250. The van der Waals surface area contributed by atoms with Gasteiger partial charge in [0.15, 0.2) is 0 Å². The van der Waals surface area contributed by atoms with Crippen LogP contribution in [0.25, 0.3) is 39.0 Å². The number of hydrogen-bond donors (Lipinski definition) is 2. The van der Waals surface area contributed by atoms with Crippen molar-refractivity contribution in [2.24, 2.45) is 0 Å². The lowest BCUT2D eigenvalue weighted by atomic mass is 10.0. The van der Waals surface area contributed by atoms with Gasteiger partial charge in [-0.15, -0.1) is 11.3 Å². The van der Waals surface area contributed by atoms with Crippen LogP contribution in [-0.4, -0.2) is 51.3 Å². The van der Waals surface area contributed by atoms with Crippen LogP contribution < -0.4 is 4.74 Å². The number of likely N-dealkylation sites (tertiary alicyclic amines) is 1. The largest absolute Gasteiger partial charge is 0.491 e. The lowest BCUT2D eigenvalue weighted by Gasteiger charge is -2.15. The van der Waals surface area contributed by atoms with Crippen molar-refractivity contribution in [3.05, 3.63) is 94.1 Å². The van der Waals surface area contributed by atoms with Crippen molar-refractivity contribution in [1.29, 1.82) is 0 Å². The fourth-order valence-corrected chi connectivity index (χ4v) is 6.42. The fourth-order valence-electron chi connectivity index (χ4n) is 5.66. The second kappa shape index (κ2) is 10.3. The third-order valence-corrected chi connectivity index (χ3v) is 8.61. The molecule has 0 radical (unpaired) electrons. The first-order valence-corrected chi connectivity index (χ1v) is 14.5. The number of aromatic nitrogens is 4. The van der Waals surface area contributed by atoms with Crippen LogP contribution in [0.3, 0.4) is 0 Å². The van der Waals surface area contributed by atoms with Crippen LogP contribution in [0.15, 0.2) is 78.0 Å². The van der Waals surface area contributed by atoms with Gasteiger partial charge in [0.25, 0.3) is 0 Å². The molecule has 0 saturated carbocycles. The summed E-state index contributed by atoms with van der Waals surface area (Å²) in [6.07, 6.45) is 11.7. The van der Waals surface area contributed by atoms with Crippen molar-refractivity contribution in [2.75, 3.05) is 26.2 Å². The summed E-state index contributed by atoms with van der Waals surface area (Å²) < 4.78 is 6.07. The second-order valence-corrected chi connectivity index (χ2v) is 11.4. The number of benzene rings is 1. The van der Waals surface area contributed by atoms with Gasteiger partial charge in [0, 0.05) is 51.8 Å². The third kappa shape index (κ3) is 4.84. The Labute approximate surface area is 232 Å². The van der Waals surface area contributed by atoms with Crippen LogP contribution >= 0.6 is 11.3 Å². The molecule has 196 valence electrons. The highest BCUT2D eigenvalue weighted by atomic mass is 32.1. The predicted octanol–water partition coefficient (Wildman–Crippen LogP) is 7.09. The lowest BCUT2D eigenvalue weighted by molar-refractivity contribution is 0.237. The van der Waals surface area contributed by atoms with Crippen molar-refractivity contribution < 1.29 is 4.74 Å². The first kappa shape index (κ1) is 24.1. The average molecular weight is 534 g/mol. The molecule has 39 heavy (non-hydrogen) atoms. The topological polar surface area (TPSA) is 69.8 Å². The summed E-state index contributed by atoms with van der Waals surface area (Å²) in [7, 11) is 0. The minimum absolute atomic E-state index is 0.685. The van der Waals surface area contributed by atoms with Gasteiger partial charge in [-0.05, 0) is 74.1 Å². The maximum absolute atomic E-state index is 6.07. The molecule has 6 nitrogen and oxygen atoms in total. The molecule has 0 spiro atoms. The number of allylic oxidation sites excluding steroid dienone is 3. The summed E-state index contributed by atoms with van der Waals surface area (Å²) in [6, 6.07) is 15.1. The first-order valence-electron chi connectivity index (χ1n) is 13.6. The molecule has 7 heteroatoms. The normalized spacial score (nSPS) is 15.7. The Hall–Kier alpha value is -3.94. The van der Waals surface area contributed by atoms with Gasteiger partial charge in [-0.1, -0.05) is 29.9 Å². The van der Waals surface area contributed by atoms with Gasteiger partial charge in [0.1, 0.15) is 18.1 Å². The number of rotatable bonds is 7. The number of H-pyrrole nitrogens is 2. The lowest BCUT2D eigenvalue weighted by Crippen LogP contribution is -2.25. The van der Waals surface area contributed by atoms with Crippen molar-refractivity contribution in [3.63, 3.8) is 0 Å². The number of pyridine rings is 1. The summed E-state index contributed by atoms with van der Waals surface area (Å²) in [5.74, 6) is 0.809. The number of thiophene rings is 1. The van der Waals surface area contributed by atoms with Crippen LogP contribution in [-0.2, 0) is 6.42 Å². The summed E-state index contributed by atoms with van der Waals surface area (Å²) in [5, 5.41) is 11.2. The summed E-state index contributed by atoms with van der Waals surface area (Å²) >= 11 is 1.77. The zero-order valence-electron chi connectivity index (χ0n) is 22.0. The van der Waals surface area contributed by atoms with Gasteiger partial charge >= 0.3 is 0 Å². The highest BCUT2D eigenvalue weighted by Crippen LogP contribution is 2.37. The maximum atomic E-state index is 6.07. The maximum Gasteiger partial charge on any atom is 0.138 e. The van der Waals surface area contributed by atoms with E-state index in [1.807, 2.05) is 6.20 Å². The molecule has 1 aromatic carbocycles. The van der Waals surface area contributed by atoms with E-state index in [9.17, 15) is 0 Å². The smallest absolute Gasteiger partial charge is 0.138 e. The van der Waals surface area contributed by atoms with E-state index < -0.39 is 0 Å². The molecule has 1 fully saturated rings. The number of nitrogens with zero attached hydrogens (tertiary/aromatic N) is 3. The summed E-state index contributed by atoms with van der Waals surface area (Å²) in [5.41, 5.74) is 10.2. The van der Waals surface area contributed by atoms with E-state index in [4.69, 9.17) is 9.84 Å². The van der Waals surface area contributed by atoms with E-state index in [0.717, 1.165) is 52.1 Å². The quantitative estimate of drug-likeness (QED) is 0.234. The van der Waals surface area contributed by atoms with Crippen LogP contribution in [0, 0.1) is 0 Å². The van der Waals surface area contributed by atoms with Crippen LogP contribution in [0.2, 0.25) is 0 Å². The number of hydrogen-bond acceptors (Lipinski definition) is 5. The summed E-state index contributed by atoms with van der Waals surface area (Å²) in [6.45, 7) is 6.20. The average Bonchev–Trinajstić information content (AvgIpc) is 3.76. The molecule has 5 aromatic rings. The minimum atomic E-state index is 0.685. The van der Waals surface area contributed by atoms with E-state index >= 15 is 0 Å². The zero-order chi connectivity index (χ0) is 26.2. The Morgan fingerprint density at radius 3 is 2.82 bits per heavy atom. The molecule has 4 aromatic heterocycles. The molecule has 0 bridgehead atoms. The molecule has 1 aliphatic heterocycles. The highest BCUT2D eigenvalue weighted by molar-refractivity contribution is 7.11. The zero-order valence-corrected chi connectivity index (χ0v) is 22.9. The standard InChI is InChI=1S/C32H31N5OS/c1-21-6-8-25(31-5-4-14-39-31)26-18-30(34-29(26)15-21)32-27-17-22(7-9-28(27)35-36-32)23-16-24(20-33-19-23)38-13-12-37-10-2-3-11-37/h4-9,14,16-20,34H,2-3,10-13,15H2,1H3,(H,35,36). The van der Waals surface area contributed by atoms with Gasteiger partial charge in [0.2, 0.25) is 0 Å². The predicted molar refractivity (Wildman–Crippen MR) is 159 cm³/mol. The molecule has 0 atom stereocenters. The number of nitrogens with one attached hydrogen (secondary N) is 2. The monoisotopic (exact) mass is 533 g/mol. The van der Waals surface area contributed by atoms with Crippen LogP contribution in [0.4, 0.5) is 0 Å². The van der Waals surface area contributed by atoms with Crippen LogP contribution in [0.5, 0.6) is 5.75 Å². The summed E-state index contributed by atoms with van der Waals surface area (Å²) in [4.78, 5) is 11.9. The molecule has 5 heterocycles. The van der Waals surface area contributed by atoms with Crippen LogP contribution in [0.1, 0.15) is 35.9 Å². The second-order valence-electron chi connectivity index (χ2n) is 10.5. The molecule has 0 amide bonds. The van der Waals surface area contributed by atoms with E-state index in [2.05, 4.69) is 86.9 Å². The van der Waals surface area contributed by atoms with E-state index in [0.29, 0.717) is 6.61 Å². The molecular formula is C32H31N5OS. The SMILES string of the molecule is CC1=CC=C(c2cccs2)c2cc(-c3n[nH]c4ccc(-c5cncc(OCCN6CCCC6)c5)cc34)[nH]c2C1. The third-order valence-electron chi connectivity index (χ3n) is 7.71. The van der Waals surface area contributed by atoms with Crippen molar-refractivity contribution in [1.82, 2.24) is 25.1 Å². The molecule has 2 aliphatic rings. The number of aromatic amines is 2. The Bertz CT molecular complexity index is 1680. The van der Waals surface area contributed by atoms with Gasteiger partial charge in [-0.25, -0.2) is 0 Å². The highest BCUT2D eigenvalue weighted by Gasteiger charge is 2.20. The van der Waals surface area contributed by atoms with Gasteiger partial charge < -0.3 is 9.72 Å². The number of fused-ring (bicyclic) bond motifs is 2. The van der Waals surface area contributed by atoms with E-state index in [1.54, 1.807) is 17.5 Å². The molecule has 2 N–H and O–H groups in total. The Morgan fingerprint density at radius 1 is 1.03 bits per heavy atom. The Morgan fingerprint density at radius 2 is 1.95 bits per heavy atom. The van der Waals surface area contributed by atoms with Crippen molar-refractivity contribution >= 4 is 27.8 Å². The molecular weight excluding hydrogens is 502 g/mol. The molecule has 1 saturated heterocycles. The first-order chi connectivity index (χ1) is 19.2. The Balaban J connectivity index is 1.19. The minimum Gasteiger partial charge on any atom is -0.491 e. The number of ether oxygens (including phenoxy) is 1. The van der Waals surface area contributed by atoms with Crippen molar-refractivity contribution in [2.45, 2.75) is 26.2 Å². The van der Waals surface area contributed by atoms with Gasteiger partial charge in [-0.3, -0.25) is 15.0 Å². The van der Waals surface area contributed by atoms with Gasteiger partial charge in [0.05, 0.1) is 17.4 Å². The van der Waals surface area contributed by atoms with Crippen molar-refractivity contribution in [3.8, 4) is 28.3 Å². The van der Waals surface area contributed by atoms with E-state index in [1.165, 1.54) is 53.2 Å². The molecule has 0 unspecified atom stereocenters. The Kier molecular flexibility index (Phi) is 6.38.